The van der Waals surface area contributed by atoms with Crippen molar-refractivity contribution in [2.75, 3.05) is 0 Å². The average molecular weight is 296 g/mol. The Morgan fingerprint density at radius 2 is 1.88 bits per heavy atom. The van der Waals surface area contributed by atoms with Crippen molar-refractivity contribution in [1.82, 2.24) is 14.8 Å². The highest BCUT2D eigenvalue weighted by Gasteiger charge is 2.12. The fraction of sp³-hybridized carbons (Fsp3) is 0.333. The summed E-state index contributed by atoms with van der Waals surface area (Å²) in [4.78, 5) is 4.35. The summed E-state index contributed by atoms with van der Waals surface area (Å²) in [7, 11) is 1.90. The molecule has 0 bridgehead atoms. The molecule has 0 fully saturated rings. The summed E-state index contributed by atoms with van der Waals surface area (Å²) in [5.74, 6) is 1.37. The summed E-state index contributed by atoms with van der Waals surface area (Å²) in [5, 5.41) is 4.30. The Morgan fingerprint density at radius 1 is 1.18 bits per heavy atom. The molecule has 0 aliphatic carbocycles. The number of halogens is 1. The third kappa shape index (κ3) is 2.34. The van der Waals surface area contributed by atoms with Gasteiger partial charge in [-0.2, -0.15) is 5.10 Å². The number of aryl methyl sites for hydroxylation is 3. The molecule has 0 saturated carbocycles. The number of hydrogen-bond acceptors (Lipinski definition) is 3. The largest absolute Gasteiger partial charge is 0.435 e. The molecule has 0 aliphatic heterocycles. The standard InChI is InChI=1S/C12H14BrN3O/c1-7-10(13)5-6-11(14-7)17-12-8(2)15-16(4)9(12)3/h5-6H,1-4H3. The van der Waals surface area contributed by atoms with Gasteiger partial charge in [0.25, 0.3) is 0 Å². The maximum Gasteiger partial charge on any atom is 0.219 e. The number of nitrogens with zero attached hydrogens (tertiary/aromatic N) is 3. The van der Waals surface area contributed by atoms with Crippen LogP contribution in [0.25, 0.3) is 0 Å². The van der Waals surface area contributed by atoms with Crippen molar-refractivity contribution in [3.8, 4) is 11.6 Å². The molecule has 0 amide bonds. The summed E-state index contributed by atoms with van der Waals surface area (Å²) < 4.78 is 8.56. The number of ether oxygens (including phenoxy) is 1. The molecule has 0 unspecified atom stereocenters. The smallest absolute Gasteiger partial charge is 0.219 e. The zero-order chi connectivity index (χ0) is 12.6. The minimum Gasteiger partial charge on any atom is -0.435 e. The lowest BCUT2D eigenvalue weighted by molar-refractivity contribution is 0.453. The third-order valence-electron chi connectivity index (χ3n) is 2.65. The normalized spacial score (nSPS) is 10.6. The maximum absolute atomic E-state index is 5.78. The van der Waals surface area contributed by atoms with E-state index in [0.29, 0.717) is 5.88 Å². The van der Waals surface area contributed by atoms with E-state index in [-0.39, 0.29) is 0 Å². The molecule has 0 radical (unpaired) electrons. The first-order valence-corrected chi connectivity index (χ1v) is 6.09. The molecule has 4 nitrogen and oxygen atoms in total. The van der Waals surface area contributed by atoms with Crippen molar-refractivity contribution in [3.63, 3.8) is 0 Å². The lowest BCUT2D eigenvalue weighted by atomic mass is 10.3. The van der Waals surface area contributed by atoms with Crippen LogP contribution in [0, 0.1) is 20.8 Å². The summed E-state index contributed by atoms with van der Waals surface area (Å²) in [5.41, 5.74) is 2.76. The monoisotopic (exact) mass is 295 g/mol. The quantitative estimate of drug-likeness (QED) is 0.853. The topological polar surface area (TPSA) is 39.9 Å². The predicted octanol–water partition coefficient (Wildman–Crippen LogP) is 3.30. The van der Waals surface area contributed by atoms with Crippen LogP contribution < -0.4 is 4.74 Å². The van der Waals surface area contributed by atoms with Gasteiger partial charge in [0.05, 0.1) is 11.4 Å². The van der Waals surface area contributed by atoms with E-state index in [1.165, 1.54) is 0 Å². The molecular weight excluding hydrogens is 282 g/mol. The molecule has 0 atom stereocenters. The van der Waals surface area contributed by atoms with Crippen molar-refractivity contribution < 1.29 is 4.74 Å². The third-order valence-corrected chi connectivity index (χ3v) is 3.48. The lowest BCUT2D eigenvalue weighted by Gasteiger charge is -2.06. The number of hydrogen-bond donors (Lipinski definition) is 0. The van der Waals surface area contributed by atoms with Crippen LogP contribution in [-0.4, -0.2) is 14.8 Å². The summed E-state index contributed by atoms with van der Waals surface area (Å²) in [6, 6.07) is 3.77. The Kier molecular flexibility index (Phi) is 3.19. The van der Waals surface area contributed by atoms with Crippen LogP contribution in [0.3, 0.4) is 0 Å². The minimum atomic E-state index is 0.588. The van der Waals surface area contributed by atoms with Gasteiger partial charge in [-0.1, -0.05) is 0 Å². The van der Waals surface area contributed by atoms with Crippen molar-refractivity contribution in [2.24, 2.45) is 7.05 Å². The highest BCUT2D eigenvalue weighted by Crippen LogP contribution is 2.28. The molecule has 2 aromatic heterocycles. The molecule has 90 valence electrons. The molecule has 2 aromatic rings. The lowest BCUT2D eigenvalue weighted by Crippen LogP contribution is -1.94. The summed E-state index contributed by atoms with van der Waals surface area (Å²) in [6.07, 6.45) is 0. The van der Waals surface area contributed by atoms with Gasteiger partial charge in [0.1, 0.15) is 5.69 Å². The number of aromatic nitrogens is 3. The van der Waals surface area contributed by atoms with E-state index in [9.17, 15) is 0 Å². The summed E-state index contributed by atoms with van der Waals surface area (Å²) >= 11 is 3.41. The van der Waals surface area contributed by atoms with Gasteiger partial charge in [0.15, 0.2) is 5.75 Å². The SMILES string of the molecule is Cc1nc(Oc2c(C)nn(C)c2C)ccc1Br. The van der Waals surface area contributed by atoms with E-state index in [4.69, 9.17) is 4.74 Å². The Bertz CT molecular complexity index is 563. The molecule has 0 saturated heterocycles. The van der Waals surface area contributed by atoms with Crippen LogP contribution in [-0.2, 0) is 7.05 Å². The molecule has 17 heavy (non-hydrogen) atoms. The first-order valence-electron chi connectivity index (χ1n) is 5.30. The minimum absolute atomic E-state index is 0.588. The van der Waals surface area contributed by atoms with E-state index >= 15 is 0 Å². The molecule has 0 N–H and O–H groups in total. The van der Waals surface area contributed by atoms with E-state index in [1.807, 2.05) is 40.0 Å². The van der Waals surface area contributed by atoms with Gasteiger partial charge >= 0.3 is 0 Å². The van der Waals surface area contributed by atoms with Crippen molar-refractivity contribution >= 4 is 15.9 Å². The van der Waals surface area contributed by atoms with Crippen LogP contribution in [0.2, 0.25) is 0 Å². The second kappa shape index (κ2) is 4.49. The molecule has 0 aromatic carbocycles. The van der Waals surface area contributed by atoms with Crippen LogP contribution in [0.1, 0.15) is 17.1 Å². The zero-order valence-corrected chi connectivity index (χ0v) is 11.9. The van der Waals surface area contributed by atoms with Crippen molar-refractivity contribution in [3.05, 3.63) is 33.7 Å². The molecule has 5 heteroatoms. The fourth-order valence-corrected chi connectivity index (χ4v) is 1.81. The Balaban J connectivity index is 2.34. The molecule has 0 aliphatic rings. The van der Waals surface area contributed by atoms with Gasteiger partial charge in [-0.25, -0.2) is 4.98 Å². The van der Waals surface area contributed by atoms with Gasteiger partial charge in [-0.15, -0.1) is 0 Å². The van der Waals surface area contributed by atoms with Crippen LogP contribution in [0.5, 0.6) is 11.6 Å². The van der Waals surface area contributed by atoms with E-state index in [1.54, 1.807) is 4.68 Å². The van der Waals surface area contributed by atoms with Crippen LogP contribution >= 0.6 is 15.9 Å². The molecule has 0 spiro atoms. The van der Waals surface area contributed by atoms with Gasteiger partial charge in [-0.3, -0.25) is 4.68 Å². The van der Waals surface area contributed by atoms with Crippen LogP contribution in [0.4, 0.5) is 0 Å². The predicted molar refractivity (Wildman–Crippen MR) is 69.4 cm³/mol. The number of pyridine rings is 1. The fourth-order valence-electron chi connectivity index (χ4n) is 1.58. The zero-order valence-electron chi connectivity index (χ0n) is 10.3. The average Bonchev–Trinajstić information content (AvgIpc) is 2.50. The molecular formula is C12H14BrN3O. The van der Waals surface area contributed by atoms with Gasteiger partial charge < -0.3 is 4.74 Å². The van der Waals surface area contributed by atoms with Gasteiger partial charge in [-0.05, 0) is 42.8 Å². The highest BCUT2D eigenvalue weighted by atomic mass is 79.9. The van der Waals surface area contributed by atoms with Gasteiger partial charge in [0, 0.05) is 17.6 Å². The van der Waals surface area contributed by atoms with E-state index < -0.39 is 0 Å². The molecule has 2 rings (SSSR count). The van der Waals surface area contributed by atoms with Crippen molar-refractivity contribution in [1.29, 1.82) is 0 Å². The Labute approximate surface area is 109 Å². The second-order valence-electron chi connectivity index (χ2n) is 3.94. The maximum atomic E-state index is 5.78. The summed E-state index contributed by atoms with van der Waals surface area (Å²) in [6.45, 7) is 5.83. The van der Waals surface area contributed by atoms with Crippen LogP contribution in [0.15, 0.2) is 16.6 Å². The van der Waals surface area contributed by atoms with E-state index in [2.05, 4.69) is 26.0 Å². The second-order valence-corrected chi connectivity index (χ2v) is 4.80. The molecule has 2 heterocycles. The first kappa shape index (κ1) is 12.1. The highest BCUT2D eigenvalue weighted by molar-refractivity contribution is 9.10. The first-order chi connectivity index (χ1) is 7.99. The van der Waals surface area contributed by atoms with E-state index in [0.717, 1.165) is 27.3 Å². The number of rotatable bonds is 2. The Morgan fingerprint density at radius 3 is 2.41 bits per heavy atom. The van der Waals surface area contributed by atoms with Gasteiger partial charge in [0.2, 0.25) is 5.88 Å². The van der Waals surface area contributed by atoms with Crippen molar-refractivity contribution in [2.45, 2.75) is 20.8 Å². The Hall–Kier alpha value is -1.36.